The van der Waals surface area contributed by atoms with Crippen LogP contribution in [0.5, 0.6) is 5.75 Å². The molecule has 1 aromatic carbocycles. The minimum absolute atomic E-state index is 0.209. The summed E-state index contributed by atoms with van der Waals surface area (Å²) in [6, 6.07) is 8.20. The highest BCUT2D eigenvalue weighted by atomic mass is 32.2. The Labute approximate surface area is 118 Å². The predicted octanol–water partition coefficient (Wildman–Crippen LogP) is 1.61. The van der Waals surface area contributed by atoms with E-state index in [4.69, 9.17) is 4.74 Å². The van der Waals surface area contributed by atoms with Gasteiger partial charge in [-0.05, 0) is 25.1 Å². The number of carbonyl (C=O) groups excluding carboxylic acids is 1. The molecule has 1 aliphatic heterocycles. The van der Waals surface area contributed by atoms with Gasteiger partial charge in [0.1, 0.15) is 5.75 Å². The molecule has 0 radical (unpaired) electrons. The van der Waals surface area contributed by atoms with Crippen molar-refractivity contribution in [1.82, 2.24) is 10.2 Å². The molecule has 0 aromatic heterocycles. The molecule has 1 aromatic rings. The number of piperazine rings is 1. The number of nitrogens with one attached hydrogen (secondary N) is 1. The van der Waals surface area contributed by atoms with Crippen LogP contribution in [0.25, 0.3) is 0 Å². The molecule has 1 aliphatic rings. The highest BCUT2D eigenvalue weighted by molar-refractivity contribution is 8.00. The maximum absolute atomic E-state index is 12.1. The van der Waals surface area contributed by atoms with Crippen molar-refractivity contribution >= 4 is 17.7 Å². The van der Waals surface area contributed by atoms with Gasteiger partial charge in [-0.3, -0.25) is 4.79 Å². The van der Waals surface area contributed by atoms with Gasteiger partial charge in [-0.1, -0.05) is 6.07 Å². The summed E-state index contributed by atoms with van der Waals surface area (Å²) in [6.07, 6.45) is 0. The number of carbonyl (C=O) groups is 1. The lowest BCUT2D eigenvalue weighted by atomic mass is 10.2. The molecule has 0 bridgehead atoms. The second-order valence-electron chi connectivity index (χ2n) is 4.66. The van der Waals surface area contributed by atoms with Gasteiger partial charge in [-0.25, -0.2) is 0 Å². The average molecular weight is 280 g/mol. The third-order valence-electron chi connectivity index (χ3n) is 3.12. The first kappa shape index (κ1) is 14.2. The van der Waals surface area contributed by atoms with Gasteiger partial charge in [0.25, 0.3) is 0 Å². The molecule has 4 nitrogen and oxygen atoms in total. The minimum Gasteiger partial charge on any atom is -0.497 e. The van der Waals surface area contributed by atoms with Crippen LogP contribution in [-0.4, -0.2) is 49.3 Å². The Morgan fingerprint density at radius 1 is 1.58 bits per heavy atom. The molecular weight excluding hydrogens is 260 g/mol. The monoisotopic (exact) mass is 280 g/mol. The van der Waals surface area contributed by atoms with Crippen molar-refractivity contribution in [2.45, 2.75) is 17.9 Å². The van der Waals surface area contributed by atoms with Crippen molar-refractivity contribution in [2.24, 2.45) is 0 Å². The van der Waals surface area contributed by atoms with Crippen LogP contribution in [0, 0.1) is 0 Å². The Bertz CT molecular complexity index is 439. The second kappa shape index (κ2) is 6.82. The van der Waals surface area contributed by atoms with Crippen LogP contribution in [0.2, 0.25) is 0 Å². The lowest BCUT2D eigenvalue weighted by Gasteiger charge is -2.31. The number of nitrogens with zero attached hydrogens (tertiary/aromatic N) is 1. The van der Waals surface area contributed by atoms with Crippen LogP contribution in [0.1, 0.15) is 6.92 Å². The van der Waals surface area contributed by atoms with Gasteiger partial charge < -0.3 is 15.0 Å². The Morgan fingerprint density at radius 2 is 2.42 bits per heavy atom. The summed E-state index contributed by atoms with van der Waals surface area (Å²) in [5, 5.41) is 3.34. The van der Waals surface area contributed by atoms with E-state index in [9.17, 15) is 4.79 Å². The molecule has 1 fully saturated rings. The Kier molecular flexibility index (Phi) is 5.10. The lowest BCUT2D eigenvalue weighted by molar-refractivity contribution is -0.129. The van der Waals surface area contributed by atoms with E-state index < -0.39 is 0 Å². The van der Waals surface area contributed by atoms with E-state index in [-0.39, 0.29) is 5.91 Å². The molecule has 19 heavy (non-hydrogen) atoms. The van der Waals surface area contributed by atoms with Gasteiger partial charge >= 0.3 is 0 Å². The van der Waals surface area contributed by atoms with Gasteiger partial charge in [0.2, 0.25) is 5.91 Å². The van der Waals surface area contributed by atoms with Crippen LogP contribution in [0.15, 0.2) is 29.2 Å². The molecule has 1 atom stereocenters. The standard InChI is InChI=1S/C14H20N2O2S/c1-11-9-16(7-6-15-11)14(17)10-19-13-5-3-4-12(8-13)18-2/h3-5,8,11,15H,6-7,9-10H2,1-2H3. The summed E-state index contributed by atoms with van der Waals surface area (Å²) in [5.41, 5.74) is 0. The number of rotatable bonds is 4. The second-order valence-corrected chi connectivity index (χ2v) is 5.71. The van der Waals surface area contributed by atoms with Gasteiger partial charge in [0, 0.05) is 30.6 Å². The normalized spacial score (nSPS) is 19.3. The number of thioether (sulfide) groups is 1. The molecule has 104 valence electrons. The van der Waals surface area contributed by atoms with Crippen LogP contribution in [-0.2, 0) is 4.79 Å². The summed E-state index contributed by atoms with van der Waals surface area (Å²) in [5.74, 6) is 1.52. The van der Waals surface area contributed by atoms with E-state index in [0.717, 1.165) is 30.3 Å². The van der Waals surface area contributed by atoms with Crippen molar-refractivity contribution in [3.05, 3.63) is 24.3 Å². The Morgan fingerprint density at radius 3 is 3.16 bits per heavy atom. The molecule has 1 amide bonds. The first-order chi connectivity index (χ1) is 9.19. The van der Waals surface area contributed by atoms with Gasteiger partial charge in [-0.2, -0.15) is 0 Å². The predicted molar refractivity (Wildman–Crippen MR) is 77.8 cm³/mol. The molecule has 5 heteroatoms. The molecule has 0 aliphatic carbocycles. The number of methoxy groups -OCH3 is 1. The summed E-state index contributed by atoms with van der Waals surface area (Å²) in [6.45, 7) is 4.60. The minimum atomic E-state index is 0.209. The van der Waals surface area contributed by atoms with Crippen molar-refractivity contribution in [3.63, 3.8) is 0 Å². The third-order valence-corrected chi connectivity index (χ3v) is 4.10. The lowest BCUT2D eigenvalue weighted by Crippen LogP contribution is -2.51. The van der Waals surface area contributed by atoms with Crippen LogP contribution in [0.4, 0.5) is 0 Å². The first-order valence-electron chi connectivity index (χ1n) is 6.47. The van der Waals surface area contributed by atoms with Gasteiger partial charge in [-0.15, -0.1) is 11.8 Å². The number of benzene rings is 1. The number of amides is 1. The third kappa shape index (κ3) is 4.14. The number of hydrogen-bond donors (Lipinski definition) is 1. The molecule has 1 heterocycles. The molecular formula is C14H20N2O2S. The molecule has 0 spiro atoms. The molecule has 2 rings (SSSR count). The largest absolute Gasteiger partial charge is 0.497 e. The van der Waals surface area contributed by atoms with Crippen molar-refractivity contribution < 1.29 is 9.53 Å². The zero-order valence-corrected chi connectivity index (χ0v) is 12.2. The fourth-order valence-corrected chi connectivity index (χ4v) is 2.93. The highest BCUT2D eigenvalue weighted by Crippen LogP contribution is 2.23. The van der Waals surface area contributed by atoms with E-state index in [1.54, 1.807) is 18.9 Å². The van der Waals surface area contributed by atoms with E-state index in [0.29, 0.717) is 11.8 Å². The maximum atomic E-state index is 12.1. The summed E-state index contributed by atoms with van der Waals surface area (Å²) in [7, 11) is 1.65. The van der Waals surface area contributed by atoms with Crippen LogP contribution < -0.4 is 10.1 Å². The zero-order valence-electron chi connectivity index (χ0n) is 11.4. The van der Waals surface area contributed by atoms with E-state index in [2.05, 4.69) is 12.2 Å². The quantitative estimate of drug-likeness (QED) is 0.851. The zero-order chi connectivity index (χ0) is 13.7. The maximum Gasteiger partial charge on any atom is 0.233 e. The molecule has 0 saturated carbocycles. The number of hydrogen-bond acceptors (Lipinski definition) is 4. The van der Waals surface area contributed by atoms with E-state index >= 15 is 0 Å². The Balaban J connectivity index is 1.85. The summed E-state index contributed by atoms with van der Waals surface area (Å²) in [4.78, 5) is 15.1. The van der Waals surface area contributed by atoms with Crippen molar-refractivity contribution in [2.75, 3.05) is 32.5 Å². The van der Waals surface area contributed by atoms with Crippen molar-refractivity contribution in [1.29, 1.82) is 0 Å². The fourth-order valence-electron chi connectivity index (χ4n) is 2.09. The average Bonchev–Trinajstić information content (AvgIpc) is 2.45. The molecule has 1 saturated heterocycles. The topological polar surface area (TPSA) is 41.6 Å². The highest BCUT2D eigenvalue weighted by Gasteiger charge is 2.20. The smallest absolute Gasteiger partial charge is 0.233 e. The van der Waals surface area contributed by atoms with Gasteiger partial charge in [0.05, 0.1) is 12.9 Å². The molecule has 1 unspecified atom stereocenters. The van der Waals surface area contributed by atoms with Crippen molar-refractivity contribution in [3.8, 4) is 5.75 Å². The Hall–Kier alpha value is -1.20. The summed E-state index contributed by atoms with van der Waals surface area (Å²) >= 11 is 1.56. The fraction of sp³-hybridized carbons (Fsp3) is 0.500. The molecule has 1 N–H and O–H groups in total. The first-order valence-corrected chi connectivity index (χ1v) is 7.45. The number of ether oxygens (including phenoxy) is 1. The van der Waals surface area contributed by atoms with E-state index in [1.807, 2.05) is 29.2 Å². The van der Waals surface area contributed by atoms with Gasteiger partial charge in [0.15, 0.2) is 0 Å². The van der Waals surface area contributed by atoms with E-state index in [1.165, 1.54) is 0 Å². The van der Waals surface area contributed by atoms with Crippen LogP contribution >= 0.6 is 11.8 Å². The van der Waals surface area contributed by atoms with Crippen LogP contribution in [0.3, 0.4) is 0 Å². The summed E-state index contributed by atoms with van der Waals surface area (Å²) < 4.78 is 5.18. The SMILES string of the molecule is COc1cccc(SCC(=O)N2CCNC(C)C2)c1.